The molecular formula is C19H24N2O3S. The minimum absolute atomic E-state index is 0.0888. The van der Waals surface area contributed by atoms with Crippen molar-refractivity contribution in [1.82, 2.24) is 5.32 Å². The summed E-state index contributed by atoms with van der Waals surface area (Å²) in [6, 6.07) is 13.5. The van der Waals surface area contributed by atoms with Crippen LogP contribution in [0.2, 0.25) is 0 Å². The normalized spacial score (nSPS) is 11.3. The van der Waals surface area contributed by atoms with E-state index in [1.165, 1.54) is 0 Å². The highest BCUT2D eigenvalue weighted by Crippen LogP contribution is 2.17. The summed E-state index contributed by atoms with van der Waals surface area (Å²) in [6.07, 6.45) is 1.71. The fourth-order valence-corrected chi connectivity index (χ4v) is 3.72. The summed E-state index contributed by atoms with van der Waals surface area (Å²) < 4.78 is 24.9. The molecule has 0 atom stereocenters. The molecule has 25 heavy (non-hydrogen) atoms. The Bertz CT molecular complexity index is 798. The zero-order valence-corrected chi connectivity index (χ0v) is 15.2. The first-order valence-corrected chi connectivity index (χ1v) is 9.94. The van der Waals surface area contributed by atoms with Crippen LogP contribution in [0.15, 0.2) is 53.4 Å². The van der Waals surface area contributed by atoms with E-state index >= 15 is 0 Å². The van der Waals surface area contributed by atoms with Gasteiger partial charge in [0.05, 0.1) is 10.6 Å². The average molecular weight is 360 g/mol. The Morgan fingerprint density at radius 1 is 1.00 bits per heavy atom. The molecule has 0 unspecified atom stereocenters. The predicted molar refractivity (Wildman–Crippen MR) is 99.1 cm³/mol. The van der Waals surface area contributed by atoms with Gasteiger partial charge in [0, 0.05) is 12.1 Å². The van der Waals surface area contributed by atoms with E-state index in [2.05, 4.69) is 5.32 Å². The topological polar surface area (TPSA) is 89.3 Å². The molecule has 0 saturated heterocycles. The van der Waals surface area contributed by atoms with Crippen LogP contribution in [0.25, 0.3) is 0 Å². The minimum Gasteiger partial charge on any atom is -0.352 e. The molecule has 5 nitrogen and oxygen atoms in total. The van der Waals surface area contributed by atoms with Crippen molar-refractivity contribution >= 4 is 15.7 Å². The van der Waals surface area contributed by atoms with Crippen LogP contribution in [0, 0.1) is 6.92 Å². The van der Waals surface area contributed by atoms with Crippen LogP contribution in [0.1, 0.15) is 34.3 Å². The Labute approximate surface area is 149 Å². The maximum atomic E-state index is 12.4. The third-order valence-electron chi connectivity index (χ3n) is 3.87. The van der Waals surface area contributed by atoms with Crippen LogP contribution in [0.4, 0.5) is 0 Å². The molecule has 0 heterocycles. The molecule has 0 fully saturated rings. The van der Waals surface area contributed by atoms with Gasteiger partial charge in [0.25, 0.3) is 5.91 Å². The molecule has 134 valence electrons. The number of amides is 1. The second kappa shape index (κ2) is 8.78. The number of hydrogen-bond donors (Lipinski definition) is 2. The molecule has 0 aromatic heterocycles. The summed E-state index contributed by atoms with van der Waals surface area (Å²) in [5, 5.41) is 2.82. The lowest BCUT2D eigenvalue weighted by molar-refractivity contribution is 0.0953. The Morgan fingerprint density at radius 3 is 2.24 bits per heavy atom. The third-order valence-corrected chi connectivity index (χ3v) is 5.57. The van der Waals surface area contributed by atoms with Gasteiger partial charge in [0.1, 0.15) is 0 Å². The number of carbonyl (C=O) groups excluding carboxylic acids is 1. The minimum atomic E-state index is -3.40. The molecule has 0 bridgehead atoms. The molecule has 0 spiro atoms. The lowest BCUT2D eigenvalue weighted by Gasteiger charge is -2.07. The van der Waals surface area contributed by atoms with E-state index in [4.69, 9.17) is 5.73 Å². The number of nitrogens with one attached hydrogen (secondary N) is 1. The van der Waals surface area contributed by atoms with E-state index in [9.17, 15) is 13.2 Å². The van der Waals surface area contributed by atoms with Crippen molar-refractivity contribution < 1.29 is 13.2 Å². The van der Waals surface area contributed by atoms with Gasteiger partial charge in [-0.05, 0) is 56.1 Å². The first kappa shape index (κ1) is 19.1. The number of hydrogen-bond acceptors (Lipinski definition) is 4. The van der Waals surface area contributed by atoms with Crippen molar-refractivity contribution in [3.63, 3.8) is 0 Å². The maximum Gasteiger partial charge on any atom is 0.251 e. The van der Waals surface area contributed by atoms with Gasteiger partial charge in [-0.25, -0.2) is 8.42 Å². The molecule has 2 rings (SSSR count). The summed E-state index contributed by atoms with van der Waals surface area (Å²) in [7, 11) is -3.40. The smallest absolute Gasteiger partial charge is 0.251 e. The highest BCUT2D eigenvalue weighted by Gasteiger charge is 2.15. The average Bonchev–Trinajstić information content (AvgIpc) is 2.59. The molecule has 2 aromatic rings. The van der Waals surface area contributed by atoms with Gasteiger partial charge in [-0.15, -0.1) is 0 Å². The highest BCUT2D eigenvalue weighted by molar-refractivity contribution is 7.90. The second-order valence-electron chi connectivity index (χ2n) is 6.02. The predicted octanol–water partition coefficient (Wildman–Crippen LogP) is 2.44. The summed E-state index contributed by atoms with van der Waals surface area (Å²) >= 11 is 0. The Hall–Kier alpha value is -2.18. The molecule has 0 saturated carbocycles. The Kier molecular flexibility index (Phi) is 6.73. The molecule has 1 amide bonds. The quantitative estimate of drug-likeness (QED) is 0.708. The van der Waals surface area contributed by atoms with Gasteiger partial charge in [-0.1, -0.05) is 29.8 Å². The van der Waals surface area contributed by atoms with E-state index in [0.717, 1.165) is 18.4 Å². The SMILES string of the molecule is Cc1ccc(S(=O)(=O)Cc2ccc(C(=O)NCCCCN)cc2)cc1. The molecule has 3 N–H and O–H groups in total. The molecule has 0 aliphatic carbocycles. The lowest BCUT2D eigenvalue weighted by atomic mass is 10.1. The van der Waals surface area contributed by atoms with Crippen molar-refractivity contribution in [3.8, 4) is 0 Å². The molecular weight excluding hydrogens is 336 g/mol. The van der Waals surface area contributed by atoms with Gasteiger partial charge in [-0.2, -0.15) is 0 Å². The van der Waals surface area contributed by atoms with E-state index in [0.29, 0.717) is 29.1 Å². The molecule has 2 aromatic carbocycles. The van der Waals surface area contributed by atoms with Gasteiger partial charge < -0.3 is 11.1 Å². The van der Waals surface area contributed by atoms with Crippen LogP contribution in [-0.2, 0) is 15.6 Å². The van der Waals surface area contributed by atoms with Crippen LogP contribution in [0.5, 0.6) is 0 Å². The maximum absolute atomic E-state index is 12.4. The van der Waals surface area contributed by atoms with Gasteiger partial charge in [-0.3, -0.25) is 4.79 Å². The monoisotopic (exact) mass is 360 g/mol. The van der Waals surface area contributed by atoms with Crippen molar-refractivity contribution in [2.45, 2.75) is 30.4 Å². The Morgan fingerprint density at radius 2 is 1.64 bits per heavy atom. The second-order valence-corrected chi connectivity index (χ2v) is 8.01. The number of carbonyl (C=O) groups is 1. The van der Waals surface area contributed by atoms with Crippen LogP contribution in [0.3, 0.4) is 0 Å². The number of benzene rings is 2. The highest BCUT2D eigenvalue weighted by atomic mass is 32.2. The number of aryl methyl sites for hydroxylation is 1. The number of nitrogens with two attached hydrogens (primary N) is 1. The van der Waals surface area contributed by atoms with Crippen molar-refractivity contribution in [2.75, 3.05) is 13.1 Å². The molecule has 0 radical (unpaired) electrons. The zero-order valence-electron chi connectivity index (χ0n) is 14.4. The fourth-order valence-electron chi connectivity index (χ4n) is 2.37. The summed E-state index contributed by atoms with van der Waals surface area (Å²) in [6.45, 7) is 3.11. The van der Waals surface area contributed by atoms with E-state index in [1.54, 1.807) is 48.5 Å². The van der Waals surface area contributed by atoms with Crippen LogP contribution in [-0.4, -0.2) is 27.4 Å². The summed E-state index contributed by atoms with van der Waals surface area (Å²) in [5.41, 5.74) is 7.60. The standard InChI is InChI=1S/C19H24N2O3S/c1-15-4-10-18(11-5-15)25(23,24)14-16-6-8-17(9-7-16)19(22)21-13-3-2-12-20/h4-11H,2-3,12-14,20H2,1H3,(H,21,22). The first-order valence-electron chi connectivity index (χ1n) is 8.29. The van der Waals surface area contributed by atoms with Crippen LogP contribution < -0.4 is 11.1 Å². The van der Waals surface area contributed by atoms with Crippen LogP contribution >= 0.6 is 0 Å². The number of unbranched alkanes of at least 4 members (excludes halogenated alkanes) is 1. The molecule has 0 aliphatic rings. The van der Waals surface area contributed by atoms with E-state index < -0.39 is 9.84 Å². The fraction of sp³-hybridized carbons (Fsp3) is 0.316. The number of sulfone groups is 1. The van der Waals surface area contributed by atoms with Gasteiger partial charge >= 0.3 is 0 Å². The third kappa shape index (κ3) is 5.69. The largest absolute Gasteiger partial charge is 0.352 e. The van der Waals surface area contributed by atoms with Crippen molar-refractivity contribution in [2.24, 2.45) is 5.73 Å². The van der Waals surface area contributed by atoms with Crippen molar-refractivity contribution in [1.29, 1.82) is 0 Å². The Balaban J connectivity index is 2.00. The summed E-state index contributed by atoms with van der Waals surface area (Å²) in [4.78, 5) is 12.3. The van der Waals surface area contributed by atoms with Gasteiger partial charge in [0.15, 0.2) is 9.84 Å². The van der Waals surface area contributed by atoms with Crippen molar-refractivity contribution in [3.05, 3.63) is 65.2 Å². The molecule has 0 aliphatic heterocycles. The zero-order chi connectivity index (χ0) is 18.3. The van der Waals surface area contributed by atoms with Gasteiger partial charge in [0.2, 0.25) is 0 Å². The van der Waals surface area contributed by atoms with E-state index in [1.807, 2.05) is 6.92 Å². The summed E-state index contributed by atoms with van der Waals surface area (Å²) in [5.74, 6) is -0.251. The first-order chi connectivity index (χ1) is 11.9. The van der Waals surface area contributed by atoms with E-state index in [-0.39, 0.29) is 11.7 Å². The number of rotatable bonds is 8. The molecule has 6 heteroatoms. The lowest BCUT2D eigenvalue weighted by Crippen LogP contribution is -2.24.